The largest absolute Gasteiger partial charge is 0.493 e. The first kappa shape index (κ1) is 14.6. The van der Waals surface area contributed by atoms with E-state index in [1.165, 1.54) is 16.8 Å². The van der Waals surface area contributed by atoms with Crippen LogP contribution in [0.15, 0.2) is 28.9 Å². The highest BCUT2D eigenvalue weighted by atomic mass is 79.9. The fourth-order valence-electron chi connectivity index (χ4n) is 2.87. The molecule has 0 spiro atoms. The van der Waals surface area contributed by atoms with E-state index in [-0.39, 0.29) is 6.04 Å². The second-order valence-electron chi connectivity index (χ2n) is 5.15. The Labute approximate surface area is 133 Å². The molecule has 1 aliphatic heterocycles. The summed E-state index contributed by atoms with van der Waals surface area (Å²) in [5, 5.41) is 8.02. The molecule has 1 N–H and O–H groups in total. The highest BCUT2D eigenvalue weighted by molar-refractivity contribution is 9.10. The number of nitrogens with zero attached hydrogens (tertiary/aromatic N) is 2. The van der Waals surface area contributed by atoms with Gasteiger partial charge < -0.3 is 10.1 Å². The summed E-state index contributed by atoms with van der Waals surface area (Å²) in [7, 11) is 0. The number of hydrogen-bond donors (Lipinski definition) is 1. The van der Waals surface area contributed by atoms with Gasteiger partial charge in [0, 0.05) is 13.0 Å². The number of fused-ring (bicyclic) bond motifs is 1. The SMILES string of the molecule is CCNC(c1ccc2c(c1)CCO2)c1c(Br)cnn1CC. The molecule has 0 amide bonds. The van der Waals surface area contributed by atoms with Gasteiger partial charge in [0.15, 0.2) is 0 Å². The molecule has 2 heterocycles. The highest BCUT2D eigenvalue weighted by Crippen LogP contribution is 2.33. The van der Waals surface area contributed by atoms with Crippen molar-refractivity contribution in [3.05, 3.63) is 45.7 Å². The second kappa shape index (κ2) is 6.20. The standard InChI is InChI=1S/C16H20BrN3O/c1-3-18-15(16-13(17)10-19-20(16)4-2)12-5-6-14-11(9-12)7-8-21-14/h5-6,9-10,15,18H,3-4,7-8H2,1-2H3. The lowest BCUT2D eigenvalue weighted by molar-refractivity contribution is 0.356. The average molecular weight is 350 g/mol. The third kappa shape index (κ3) is 2.72. The summed E-state index contributed by atoms with van der Waals surface area (Å²) in [5.41, 5.74) is 3.74. The van der Waals surface area contributed by atoms with Gasteiger partial charge >= 0.3 is 0 Å². The van der Waals surface area contributed by atoms with Crippen molar-refractivity contribution in [1.29, 1.82) is 0 Å². The van der Waals surface area contributed by atoms with Crippen molar-refractivity contribution in [2.24, 2.45) is 0 Å². The minimum atomic E-state index is 0.137. The third-order valence-electron chi connectivity index (χ3n) is 3.86. The molecule has 1 aromatic carbocycles. The second-order valence-corrected chi connectivity index (χ2v) is 6.00. The molecule has 2 aromatic rings. The molecule has 5 heteroatoms. The number of nitrogens with one attached hydrogen (secondary N) is 1. The predicted octanol–water partition coefficient (Wildman–Crippen LogP) is 3.30. The molecule has 1 atom stereocenters. The summed E-state index contributed by atoms with van der Waals surface area (Å²) in [4.78, 5) is 0. The zero-order chi connectivity index (χ0) is 14.8. The first-order valence-electron chi connectivity index (χ1n) is 7.44. The van der Waals surface area contributed by atoms with Crippen molar-refractivity contribution < 1.29 is 4.74 Å². The van der Waals surface area contributed by atoms with Gasteiger partial charge in [0.05, 0.1) is 29.0 Å². The Morgan fingerprint density at radius 3 is 3.05 bits per heavy atom. The molecule has 4 nitrogen and oxygen atoms in total. The minimum Gasteiger partial charge on any atom is -0.493 e. The van der Waals surface area contributed by atoms with Crippen LogP contribution in [0.1, 0.15) is 36.7 Å². The maximum absolute atomic E-state index is 5.61. The van der Waals surface area contributed by atoms with Crippen LogP contribution in [0.5, 0.6) is 5.75 Å². The van der Waals surface area contributed by atoms with Crippen LogP contribution in [0.4, 0.5) is 0 Å². The highest BCUT2D eigenvalue weighted by Gasteiger charge is 2.22. The Hall–Kier alpha value is -1.33. The van der Waals surface area contributed by atoms with Gasteiger partial charge in [-0.05, 0) is 46.6 Å². The summed E-state index contributed by atoms with van der Waals surface area (Å²) >= 11 is 3.64. The summed E-state index contributed by atoms with van der Waals surface area (Å²) in [6.45, 7) is 6.80. The molecule has 0 bridgehead atoms. The van der Waals surface area contributed by atoms with E-state index >= 15 is 0 Å². The molecule has 0 saturated carbocycles. The van der Waals surface area contributed by atoms with Crippen LogP contribution in [0.25, 0.3) is 0 Å². The molecule has 0 fully saturated rings. The van der Waals surface area contributed by atoms with E-state index < -0.39 is 0 Å². The van der Waals surface area contributed by atoms with Gasteiger partial charge in [-0.15, -0.1) is 0 Å². The van der Waals surface area contributed by atoms with E-state index in [1.54, 1.807) is 0 Å². The minimum absolute atomic E-state index is 0.137. The molecule has 3 rings (SSSR count). The molecule has 0 saturated heterocycles. The van der Waals surface area contributed by atoms with Crippen LogP contribution in [0, 0.1) is 0 Å². The van der Waals surface area contributed by atoms with E-state index in [4.69, 9.17) is 4.74 Å². The number of ether oxygens (including phenoxy) is 1. The molecule has 0 aliphatic carbocycles. The Kier molecular flexibility index (Phi) is 4.31. The summed E-state index contributed by atoms with van der Waals surface area (Å²) in [6, 6.07) is 6.63. The monoisotopic (exact) mass is 349 g/mol. The van der Waals surface area contributed by atoms with Gasteiger partial charge in [-0.2, -0.15) is 5.10 Å². The fourth-order valence-corrected chi connectivity index (χ4v) is 3.40. The molecular formula is C16H20BrN3O. The molecule has 112 valence electrons. The number of aryl methyl sites for hydroxylation is 1. The summed E-state index contributed by atoms with van der Waals surface area (Å²) in [5.74, 6) is 1.03. The van der Waals surface area contributed by atoms with Crippen LogP contribution < -0.4 is 10.1 Å². The first-order chi connectivity index (χ1) is 10.2. The Morgan fingerprint density at radius 1 is 1.43 bits per heavy atom. The van der Waals surface area contributed by atoms with Crippen LogP contribution in [0.3, 0.4) is 0 Å². The zero-order valence-corrected chi connectivity index (χ0v) is 14.0. The Bertz CT molecular complexity index is 638. The molecule has 21 heavy (non-hydrogen) atoms. The van der Waals surface area contributed by atoms with E-state index in [0.717, 1.165) is 36.3 Å². The molecule has 0 radical (unpaired) electrons. The van der Waals surface area contributed by atoms with E-state index in [9.17, 15) is 0 Å². The number of benzene rings is 1. The zero-order valence-electron chi connectivity index (χ0n) is 12.4. The van der Waals surface area contributed by atoms with Crippen LogP contribution in [-0.2, 0) is 13.0 Å². The predicted molar refractivity (Wildman–Crippen MR) is 86.8 cm³/mol. The summed E-state index contributed by atoms with van der Waals surface area (Å²) in [6.07, 6.45) is 2.87. The van der Waals surface area contributed by atoms with Crippen molar-refractivity contribution in [1.82, 2.24) is 15.1 Å². The van der Waals surface area contributed by atoms with Gasteiger partial charge in [0.2, 0.25) is 0 Å². The quantitative estimate of drug-likeness (QED) is 0.899. The lowest BCUT2D eigenvalue weighted by Gasteiger charge is -2.21. The first-order valence-corrected chi connectivity index (χ1v) is 8.24. The molecule has 1 aliphatic rings. The van der Waals surface area contributed by atoms with Gasteiger partial charge in [0.1, 0.15) is 5.75 Å². The third-order valence-corrected chi connectivity index (χ3v) is 4.47. The number of aromatic nitrogens is 2. The van der Waals surface area contributed by atoms with Gasteiger partial charge in [-0.25, -0.2) is 0 Å². The van der Waals surface area contributed by atoms with Crippen molar-refractivity contribution >= 4 is 15.9 Å². The molecule has 1 aromatic heterocycles. The molecular weight excluding hydrogens is 330 g/mol. The van der Waals surface area contributed by atoms with E-state index in [1.807, 2.05) is 10.9 Å². The van der Waals surface area contributed by atoms with Crippen LogP contribution in [0.2, 0.25) is 0 Å². The van der Waals surface area contributed by atoms with Gasteiger partial charge in [0.25, 0.3) is 0 Å². The Morgan fingerprint density at radius 2 is 2.29 bits per heavy atom. The van der Waals surface area contributed by atoms with E-state index in [0.29, 0.717) is 0 Å². The fraction of sp³-hybridized carbons (Fsp3) is 0.438. The topological polar surface area (TPSA) is 39.1 Å². The lowest BCUT2D eigenvalue weighted by atomic mass is 10.00. The van der Waals surface area contributed by atoms with Gasteiger partial charge in [-0.3, -0.25) is 4.68 Å². The number of rotatable bonds is 5. The van der Waals surface area contributed by atoms with Crippen LogP contribution >= 0.6 is 15.9 Å². The average Bonchev–Trinajstić information content (AvgIpc) is 3.10. The maximum atomic E-state index is 5.61. The van der Waals surface area contributed by atoms with E-state index in [2.05, 4.69) is 58.4 Å². The van der Waals surface area contributed by atoms with Crippen molar-refractivity contribution in [3.8, 4) is 5.75 Å². The number of halogens is 1. The van der Waals surface area contributed by atoms with Gasteiger partial charge in [-0.1, -0.05) is 19.1 Å². The lowest BCUT2D eigenvalue weighted by Crippen LogP contribution is -2.25. The van der Waals surface area contributed by atoms with Crippen LogP contribution in [-0.4, -0.2) is 22.9 Å². The maximum Gasteiger partial charge on any atom is 0.122 e. The number of hydrogen-bond acceptors (Lipinski definition) is 3. The molecule has 1 unspecified atom stereocenters. The van der Waals surface area contributed by atoms with Crippen molar-refractivity contribution in [2.75, 3.05) is 13.2 Å². The Balaban J connectivity index is 2.03. The van der Waals surface area contributed by atoms with Crippen molar-refractivity contribution in [2.45, 2.75) is 32.9 Å². The summed E-state index contributed by atoms with van der Waals surface area (Å²) < 4.78 is 8.70. The normalized spacial score (nSPS) is 14.8. The smallest absolute Gasteiger partial charge is 0.122 e. The van der Waals surface area contributed by atoms with Crippen molar-refractivity contribution in [3.63, 3.8) is 0 Å².